The number of aromatic nitrogens is 4. The fourth-order valence-electron chi connectivity index (χ4n) is 3.05. The van der Waals surface area contributed by atoms with Gasteiger partial charge in [-0.05, 0) is 24.3 Å². The van der Waals surface area contributed by atoms with Crippen molar-refractivity contribution in [3.05, 3.63) is 52.5 Å². The first-order valence-corrected chi connectivity index (χ1v) is 9.12. The van der Waals surface area contributed by atoms with Crippen LogP contribution in [0.4, 0.5) is 0 Å². The molecule has 2 aromatic carbocycles. The number of fused-ring (bicyclic) bond motifs is 4. The van der Waals surface area contributed by atoms with Gasteiger partial charge in [0.25, 0.3) is 0 Å². The van der Waals surface area contributed by atoms with Crippen LogP contribution in [0.15, 0.2) is 41.6 Å². The highest BCUT2D eigenvalue weighted by Gasteiger charge is 2.18. The molecule has 4 aromatic rings. The van der Waals surface area contributed by atoms with Crippen molar-refractivity contribution in [2.24, 2.45) is 0 Å². The van der Waals surface area contributed by atoms with Gasteiger partial charge in [0.1, 0.15) is 5.75 Å². The van der Waals surface area contributed by atoms with Crippen LogP contribution in [0.3, 0.4) is 0 Å². The zero-order valence-corrected chi connectivity index (χ0v) is 14.6. The highest BCUT2D eigenvalue weighted by atomic mass is 35.5. The van der Waals surface area contributed by atoms with Crippen LogP contribution in [-0.4, -0.2) is 26.4 Å². The monoisotopic (exact) mass is 372 g/mol. The van der Waals surface area contributed by atoms with E-state index in [1.54, 1.807) is 11.8 Å². The average Bonchev–Trinajstić information content (AvgIpc) is 3.18. The third-order valence-corrected chi connectivity index (χ3v) is 5.32. The molecule has 1 aliphatic rings. The number of thioether (sulfide) groups is 1. The minimum absolute atomic E-state index is 0.269. The Morgan fingerprint density at radius 2 is 2.20 bits per heavy atom. The third kappa shape index (κ3) is 2.55. The Morgan fingerprint density at radius 3 is 3.16 bits per heavy atom. The number of ether oxygens (including phenoxy) is 2. The van der Waals surface area contributed by atoms with Gasteiger partial charge < -0.3 is 9.47 Å². The Kier molecular flexibility index (Phi) is 3.58. The molecule has 8 heteroatoms. The summed E-state index contributed by atoms with van der Waals surface area (Å²) in [5.74, 6) is 2.29. The number of para-hydroxylation sites is 2. The van der Waals surface area contributed by atoms with Crippen LogP contribution in [0.25, 0.3) is 16.8 Å². The van der Waals surface area contributed by atoms with E-state index in [1.165, 1.54) is 0 Å². The van der Waals surface area contributed by atoms with Gasteiger partial charge in [0.15, 0.2) is 11.9 Å². The van der Waals surface area contributed by atoms with E-state index in [1.807, 2.05) is 40.8 Å². The summed E-state index contributed by atoms with van der Waals surface area (Å²) >= 11 is 7.85. The second-order valence-corrected chi connectivity index (χ2v) is 7.10. The lowest BCUT2D eigenvalue weighted by Gasteiger charge is -2.20. The first kappa shape index (κ1) is 15.1. The molecule has 126 valence electrons. The molecule has 3 heterocycles. The standard InChI is InChI=1S/C17H13ClN4O2S/c18-12-5-10-7-23-9-24-15(10)11(6-12)8-25-17-21-20-16-19-13-3-1-2-4-14(13)22(16)17/h1-6H,7-9H2,(H,19,20). The molecule has 0 amide bonds. The van der Waals surface area contributed by atoms with Crippen molar-refractivity contribution in [3.63, 3.8) is 0 Å². The predicted molar refractivity (Wildman–Crippen MR) is 96.1 cm³/mol. The third-order valence-electron chi connectivity index (χ3n) is 4.11. The smallest absolute Gasteiger partial charge is 0.231 e. The summed E-state index contributed by atoms with van der Waals surface area (Å²) in [6.45, 7) is 0.789. The molecule has 1 N–H and O–H groups in total. The maximum Gasteiger partial charge on any atom is 0.231 e. The summed E-state index contributed by atoms with van der Waals surface area (Å²) in [5, 5.41) is 8.92. The average molecular weight is 373 g/mol. The molecule has 25 heavy (non-hydrogen) atoms. The molecule has 5 rings (SSSR count). The number of H-pyrrole nitrogens is 1. The SMILES string of the molecule is Clc1cc2c(c(CSc3n[nH]c4nc5ccccc5n34)c1)OCOC2. The van der Waals surface area contributed by atoms with E-state index >= 15 is 0 Å². The van der Waals surface area contributed by atoms with Crippen LogP contribution in [0.5, 0.6) is 5.75 Å². The molecule has 0 radical (unpaired) electrons. The van der Waals surface area contributed by atoms with E-state index in [4.69, 9.17) is 21.1 Å². The molecule has 0 aliphatic carbocycles. The van der Waals surface area contributed by atoms with Crippen molar-refractivity contribution < 1.29 is 9.47 Å². The molecule has 0 saturated heterocycles. The van der Waals surface area contributed by atoms with Crippen LogP contribution in [0.1, 0.15) is 11.1 Å². The Labute approximate surface area is 152 Å². The first-order valence-electron chi connectivity index (χ1n) is 7.76. The van der Waals surface area contributed by atoms with Crippen molar-refractivity contribution >= 4 is 40.2 Å². The van der Waals surface area contributed by atoms with E-state index in [0.717, 1.165) is 38.8 Å². The molecule has 0 spiro atoms. The van der Waals surface area contributed by atoms with Crippen LogP contribution in [0, 0.1) is 0 Å². The van der Waals surface area contributed by atoms with E-state index in [-0.39, 0.29) is 6.79 Å². The number of halogens is 1. The summed E-state index contributed by atoms with van der Waals surface area (Å²) < 4.78 is 13.0. The lowest BCUT2D eigenvalue weighted by molar-refractivity contribution is -0.0168. The van der Waals surface area contributed by atoms with Crippen LogP contribution in [-0.2, 0) is 17.1 Å². The second-order valence-electron chi connectivity index (χ2n) is 5.72. The molecule has 0 saturated carbocycles. The zero-order chi connectivity index (χ0) is 16.8. The Balaban J connectivity index is 1.51. The fraction of sp³-hybridized carbons (Fsp3) is 0.176. The van der Waals surface area contributed by atoms with Crippen molar-refractivity contribution in [2.45, 2.75) is 17.5 Å². The molecule has 0 unspecified atom stereocenters. The van der Waals surface area contributed by atoms with Crippen molar-refractivity contribution in [1.29, 1.82) is 0 Å². The molecule has 0 fully saturated rings. The molecule has 6 nitrogen and oxygen atoms in total. The van der Waals surface area contributed by atoms with Crippen molar-refractivity contribution in [2.75, 3.05) is 6.79 Å². The molecule has 0 atom stereocenters. The zero-order valence-electron chi connectivity index (χ0n) is 13.0. The molecular weight excluding hydrogens is 360 g/mol. The number of aromatic amines is 1. The van der Waals surface area contributed by atoms with Gasteiger partial charge in [-0.2, -0.15) is 0 Å². The Bertz CT molecular complexity index is 1090. The van der Waals surface area contributed by atoms with E-state index < -0.39 is 0 Å². The summed E-state index contributed by atoms with van der Waals surface area (Å²) in [4.78, 5) is 4.54. The quantitative estimate of drug-likeness (QED) is 0.550. The number of benzene rings is 2. The van der Waals surface area contributed by atoms with E-state index in [9.17, 15) is 0 Å². The fourth-order valence-corrected chi connectivity index (χ4v) is 4.23. The van der Waals surface area contributed by atoms with Gasteiger partial charge in [-0.3, -0.25) is 4.40 Å². The highest BCUT2D eigenvalue weighted by molar-refractivity contribution is 7.98. The maximum atomic E-state index is 6.24. The van der Waals surface area contributed by atoms with E-state index in [0.29, 0.717) is 17.4 Å². The maximum absolute atomic E-state index is 6.24. The molecular formula is C17H13ClN4O2S. The summed E-state index contributed by atoms with van der Waals surface area (Å²) in [7, 11) is 0. The number of hydrogen-bond donors (Lipinski definition) is 1. The van der Waals surface area contributed by atoms with Gasteiger partial charge >= 0.3 is 0 Å². The minimum atomic E-state index is 0.269. The summed E-state index contributed by atoms with van der Waals surface area (Å²) in [5.41, 5.74) is 4.00. The Hall–Kier alpha value is -2.22. The van der Waals surface area contributed by atoms with Gasteiger partial charge in [0, 0.05) is 21.9 Å². The van der Waals surface area contributed by atoms with Crippen LogP contribution >= 0.6 is 23.4 Å². The van der Waals surface area contributed by atoms with Gasteiger partial charge in [-0.15, -0.1) is 5.10 Å². The summed E-state index contributed by atoms with van der Waals surface area (Å²) in [6.07, 6.45) is 0. The highest BCUT2D eigenvalue weighted by Crippen LogP contribution is 2.35. The number of rotatable bonds is 3. The van der Waals surface area contributed by atoms with Gasteiger partial charge in [0.2, 0.25) is 5.78 Å². The number of nitrogens with one attached hydrogen (secondary N) is 1. The van der Waals surface area contributed by atoms with E-state index in [2.05, 4.69) is 15.2 Å². The van der Waals surface area contributed by atoms with Crippen molar-refractivity contribution in [1.82, 2.24) is 19.6 Å². The largest absolute Gasteiger partial charge is 0.467 e. The molecule has 2 aromatic heterocycles. The predicted octanol–water partition coefficient (Wildman–Crippen LogP) is 4.02. The second kappa shape index (κ2) is 5.94. The van der Waals surface area contributed by atoms with Crippen LogP contribution in [0.2, 0.25) is 5.02 Å². The Morgan fingerprint density at radius 1 is 1.28 bits per heavy atom. The minimum Gasteiger partial charge on any atom is -0.467 e. The lowest BCUT2D eigenvalue weighted by atomic mass is 10.1. The van der Waals surface area contributed by atoms with Gasteiger partial charge in [-0.25, -0.2) is 10.1 Å². The molecule has 0 bridgehead atoms. The van der Waals surface area contributed by atoms with Crippen molar-refractivity contribution in [3.8, 4) is 5.75 Å². The lowest BCUT2D eigenvalue weighted by Crippen LogP contribution is -2.13. The summed E-state index contributed by atoms with van der Waals surface area (Å²) in [6, 6.07) is 11.8. The number of hydrogen-bond acceptors (Lipinski definition) is 5. The van der Waals surface area contributed by atoms with Gasteiger partial charge in [0.05, 0.1) is 17.6 Å². The van der Waals surface area contributed by atoms with Gasteiger partial charge in [-0.1, -0.05) is 35.5 Å². The number of nitrogens with zero attached hydrogens (tertiary/aromatic N) is 3. The molecule has 1 aliphatic heterocycles. The normalized spacial score (nSPS) is 14.0. The first-order chi connectivity index (χ1) is 12.3. The van der Waals surface area contributed by atoms with Crippen LogP contribution < -0.4 is 4.74 Å². The number of imidazole rings is 1. The topological polar surface area (TPSA) is 64.4 Å².